The highest BCUT2D eigenvalue weighted by atomic mass is 19.4. The van der Waals surface area contributed by atoms with Gasteiger partial charge in [-0.2, -0.15) is 13.2 Å². The Morgan fingerprint density at radius 1 is 1.12 bits per heavy atom. The van der Waals surface area contributed by atoms with E-state index in [0.29, 0.717) is 0 Å². The first kappa shape index (κ1) is 27.9. The molecule has 3 N–H and O–H groups in total. The third-order valence-corrected chi connectivity index (χ3v) is 6.63. The molecule has 2 amide bonds. The van der Waals surface area contributed by atoms with Crippen molar-refractivity contribution >= 4 is 17.5 Å². The second-order valence-electron chi connectivity index (χ2n) is 9.48. The zero-order valence-corrected chi connectivity index (χ0v) is 21.0. The highest BCUT2D eigenvalue weighted by Crippen LogP contribution is 2.45. The standard InChI is InChI=1S/C27H21F6N5O3/c28-8-17-11-38-10-14(5-20(30)25(38)36-17)26(40)35-9-19(27(31,32)33)21-7-18-15(6-22(34)39)12-41-24(18)23(37-21)13-1-3-16(29)4-2-13/h1-5,7,10-11,15,19H,6,8-9,12H2,(H2,34,39)(H,35,40)/t15-,19?/m1/s1. The molecular weight excluding hydrogens is 556 g/mol. The summed E-state index contributed by atoms with van der Waals surface area (Å²) < 4.78 is 90.8. The predicted octanol–water partition coefficient (Wildman–Crippen LogP) is 4.57. The zero-order chi connectivity index (χ0) is 29.5. The number of halogens is 6. The molecule has 0 fully saturated rings. The van der Waals surface area contributed by atoms with Crippen molar-refractivity contribution in [1.82, 2.24) is 19.7 Å². The van der Waals surface area contributed by atoms with Crippen molar-refractivity contribution in [3.63, 3.8) is 0 Å². The highest BCUT2D eigenvalue weighted by Gasteiger charge is 2.43. The molecule has 2 atom stereocenters. The van der Waals surface area contributed by atoms with Gasteiger partial charge in [-0.25, -0.2) is 23.1 Å². The number of carbonyl (C=O) groups excluding carboxylic acids is 2. The molecule has 5 rings (SSSR count). The van der Waals surface area contributed by atoms with Gasteiger partial charge in [0.25, 0.3) is 5.91 Å². The predicted molar refractivity (Wildman–Crippen MR) is 133 cm³/mol. The third kappa shape index (κ3) is 5.67. The second-order valence-corrected chi connectivity index (χ2v) is 9.48. The SMILES string of the molecule is NC(=O)C[C@@H]1COc2c1cc(C(CNC(=O)c1cc(F)c3nc(CF)cn3c1)C(F)(F)F)nc2-c1ccc(F)cc1. The number of primary amides is 1. The molecule has 4 aromatic rings. The number of imidazole rings is 1. The fourth-order valence-corrected chi connectivity index (χ4v) is 4.68. The summed E-state index contributed by atoms with van der Waals surface area (Å²) >= 11 is 0. The fourth-order valence-electron chi connectivity index (χ4n) is 4.68. The summed E-state index contributed by atoms with van der Waals surface area (Å²) in [5, 5.41) is 2.17. The topological polar surface area (TPSA) is 112 Å². The van der Waals surface area contributed by atoms with Crippen LogP contribution in [0.15, 0.2) is 48.8 Å². The number of alkyl halides is 4. The van der Waals surface area contributed by atoms with Gasteiger partial charge in [-0.3, -0.25) is 9.59 Å². The van der Waals surface area contributed by atoms with E-state index in [-0.39, 0.29) is 52.5 Å². The molecule has 3 aromatic heterocycles. The molecule has 14 heteroatoms. The maximum absolute atomic E-state index is 14.5. The Balaban J connectivity index is 1.50. The van der Waals surface area contributed by atoms with Crippen molar-refractivity contribution in [1.29, 1.82) is 0 Å². The number of aromatic nitrogens is 3. The molecule has 0 saturated carbocycles. The third-order valence-electron chi connectivity index (χ3n) is 6.63. The van der Waals surface area contributed by atoms with Crippen LogP contribution in [0.2, 0.25) is 0 Å². The van der Waals surface area contributed by atoms with Crippen molar-refractivity contribution in [2.45, 2.75) is 31.1 Å². The summed E-state index contributed by atoms with van der Waals surface area (Å²) in [4.78, 5) is 32.3. The number of nitrogens with zero attached hydrogens (tertiary/aromatic N) is 3. The minimum absolute atomic E-state index is 0.00124. The van der Waals surface area contributed by atoms with Crippen LogP contribution in [0.3, 0.4) is 0 Å². The van der Waals surface area contributed by atoms with E-state index in [0.717, 1.165) is 41.1 Å². The van der Waals surface area contributed by atoms with Crippen molar-refractivity contribution < 1.29 is 40.7 Å². The quantitative estimate of drug-likeness (QED) is 0.298. The molecule has 0 bridgehead atoms. The number of nitrogens with two attached hydrogens (primary N) is 1. The minimum atomic E-state index is -4.90. The van der Waals surface area contributed by atoms with Crippen LogP contribution in [-0.4, -0.2) is 45.5 Å². The molecule has 0 saturated heterocycles. The number of carbonyl (C=O) groups is 2. The van der Waals surface area contributed by atoms with Crippen LogP contribution >= 0.6 is 0 Å². The van der Waals surface area contributed by atoms with E-state index in [9.17, 15) is 35.9 Å². The van der Waals surface area contributed by atoms with Crippen LogP contribution in [0.4, 0.5) is 26.3 Å². The number of pyridine rings is 2. The van der Waals surface area contributed by atoms with Crippen LogP contribution in [0.5, 0.6) is 5.75 Å². The van der Waals surface area contributed by atoms with E-state index < -0.39 is 60.4 Å². The summed E-state index contributed by atoms with van der Waals surface area (Å²) in [7, 11) is 0. The van der Waals surface area contributed by atoms with Gasteiger partial charge in [-0.15, -0.1) is 0 Å². The number of benzene rings is 1. The first-order chi connectivity index (χ1) is 19.4. The van der Waals surface area contributed by atoms with Crippen LogP contribution in [0, 0.1) is 11.6 Å². The lowest BCUT2D eigenvalue weighted by Crippen LogP contribution is -2.35. The summed E-state index contributed by atoms with van der Waals surface area (Å²) in [5.41, 5.74) is 4.73. The number of amides is 2. The van der Waals surface area contributed by atoms with E-state index in [1.807, 2.05) is 0 Å². The number of nitrogens with one attached hydrogen (secondary N) is 1. The van der Waals surface area contributed by atoms with Crippen molar-refractivity contribution in [2.75, 3.05) is 13.2 Å². The van der Waals surface area contributed by atoms with Crippen molar-refractivity contribution in [3.05, 3.63) is 82.9 Å². The average Bonchev–Trinajstić information content (AvgIpc) is 3.52. The number of hydrogen-bond acceptors (Lipinski definition) is 5. The Kier molecular flexibility index (Phi) is 7.32. The summed E-state index contributed by atoms with van der Waals surface area (Å²) in [6.45, 7) is -1.98. The van der Waals surface area contributed by atoms with Gasteiger partial charge in [-0.05, 0) is 36.4 Å². The lowest BCUT2D eigenvalue weighted by Gasteiger charge is -2.22. The number of hydrogen-bond donors (Lipinski definition) is 2. The molecule has 4 heterocycles. The maximum atomic E-state index is 14.5. The van der Waals surface area contributed by atoms with E-state index in [1.165, 1.54) is 12.1 Å². The molecule has 1 aliphatic heterocycles. The molecule has 0 spiro atoms. The Morgan fingerprint density at radius 2 is 1.85 bits per heavy atom. The van der Waals surface area contributed by atoms with Gasteiger partial charge in [0, 0.05) is 42.4 Å². The van der Waals surface area contributed by atoms with Gasteiger partial charge < -0.3 is 20.2 Å². The Hall–Kier alpha value is -4.62. The lowest BCUT2D eigenvalue weighted by molar-refractivity contribution is -0.149. The Bertz CT molecular complexity index is 1640. The Morgan fingerprint density at radius 3 is 2.51 bits per heavy atom. The molecule has 1 unspecified atom stereocenters. The van der Waals surface area contributed by atoms with E-state index in [4.69, 9.17) is 10.5 Å². The maximum Gasteiger partial charge on any atom is 0.398 e. The zero-order valence-electron chi connectivity index (χ0n) is 21.0. The molecule has 1 aromatic carbocycles. The molecule has 0 aliphatic carbocycles. The van der Waals surface area contributed by atoms with Gasteiger partial charge in [0.05, 0.1) is 23.6 Å². The molecule has 214 valence electrons. The van der Waals surface area contributed by atoms with Crippen molar-refractivity contribution in [2.24, 2.45) is 5.73 Å². The first-order valence-corrected chi connectivity index (χ1v) is 12.2. The normalized spacial score (nSPS) is 15.4. The van der Waals surface area contributed by atoms with E-state index in [1.54, 1.807) is 0 Å². The molecule has 1 aliphatic rings. The average molecular weight is 577 g/mol. The van der Waals surface area contributed by atoms with Crippen LogP contribution in [0.25, 0.3) is 16.9 Å². The summed E-state index contributed by atoms with van der Waals surface area (Å²) in [6, 6.07) is 6.82. The van der Waals surface area contributed by atoms with Crippen LogP contribution < -0.4 is 15.8 Å². The summed E-state index contributed by atoms with van der Waals surface area (Å²) in [5.74, 6) is -6.07. The van der Waals surface area contributed by atoms with Gasteiger partial charge in [-0.1, -0.05) is 0 Å². The fraction of sp³-hybridized carbons (Fsp3) is 0.259. The van der Waals surface area contributed by atoms with Crippen LogP contribution in [-0.2, 0) is 11.5 Å². The largest absolute Gasteiger partial charge is 0.490 e. The van der Waals surface area contributed by atoms with Gasteiger partial charge in [0.2, 0.25) is 5.91 Å². The number of ether oxygens (including phenoxy) is 1. The molecule has 41 heavy (non-hydrogen) atoms. The van der Waals surface area contributed by atoms with E-state index in [2.05, 4.69) is 15.3 Å². The first-order valence-electron chi connectivity index (χ1n) is 12.2. The second kappa shape index (κ2) is 10.7. The highest BCUT2D eigenvalue weighted by molar-refractivity contribution is 5.94. The minimum Gasteiger partial charge on any atom is -0.490 e. The van der Waals surface area contributed by atoms with Gasteiger partial charge >= 0.3 is 6.18 Å². The molecular formula is C27H21F6N5O3. The Labute approximate surface area is 228 Å². The molecule has 0 radical (unpaired) electrons. The van der Waals surface area contributed by atoms with Gasteiger partial charge in [0.1, 0.15) is 29.9 Å². The number of fused-ring (bicyclic) bond motifs is 2. The smallest absolute Gasteiger partial charge is 0.398 e. The summed E-state index contributed by atoms with van der Waals surface area (Å²) in [6.07, 6.45) is -2.82. The monoisotopic (exact) mass is 577 g/mol. The van der Waals surface area contributed by atoms with Gasteiger partial charge in [0.15, 0.2) is 11.5 Å². The van der Waals surface area contributed by atoms with E-state index >= 15 is 0 Å². The molecule has 8 nitrogen and oxygen atoms in total. The van der Waals surface area contributed by atoms with Crippen LogP contribution in [0.1, 0.15) is 45.6 Å². The van der Waals surface area contributed by atoms with Crippen molar-refractivity contribution in [3.8, 4) is 17.0 Å². The number of rotatable bonds is 8. The lowest BCUT2D eigenvalue weighted by atomic mass is 9.92.